The number of nitrogen functional groups attached to an aromatic ring is 1. The lowest BCUT2D eigenvalue weighted by Gasteiger charge is -2.22. The summed E-state index contributed by atoms with van der Waals surface area (Å²) in [5.74, 6) is 1.20. The van der Waals surface area contributed by atoms with Crippen molar-refractivity contribution in [2.45, 2.75) is 46.1 Å². The van der Waals surface area contributed by atoms with Gasteiger partial charge < -0.3 is 15.8 Å². The van der Waals surface area contributed by atoms with Crippen LogP contribution in [0.1, 0.15) is 40.0 Å². The van der Waals surface area contributed by atoms with Crippen molar-refractivity contribution in [1.82, 2.24) is 0 Å². The Hall–Kier alpha value is -1.45. The summed E-state index contributed by atoms with van der Waals surface area (Å²) in [6.07, 6.45) is 3.20. The molecule has 3 unspecified atom stereocenters. The summed E-state index contributed by atoms with van der Waals surface area (Å²) in [5, 5.41) is 3.46. The van der Waals surface area contributed by atoms with Crippen LogP contribution in [0, 0.1) is 17.7 Å². The molecule has 0 radical (unpaired) electrons. The Kier molecular flexibility index (Phi) is 4.73. The SMILES string of the molecule is CCCOc1cc(NC2CCC(C)C2C)c(N)cc1F. The van der Waals surface area contributed by atoms with Crippen molar-refractivity contribution >= 4 is 11.4 Å². The van der Waals surface area contributed by atoms with Crippen LogP contribution in [-0.4, -0.2) is 12.6 Å². The molecule has 0 bridgehead atoms. The van der Waals surface area contributed by atoms with Gasteiger partial charge in [0.15, 0.2) is 11.6 Å². The third kappa shape index (κ3) is 3.17. The number of benzene rings is 1. The van der Waals surface area contributed by atoms with Gasteiger partial charge in [-0.2, -0.15) is 0 Å². The third-order valence-electron chi connectivity index (χ3n) is 4.37. The van der Waals surface area contributed by atoms with E-state index in [-0.39, 0.29) is 5.75 Å². The van der Waals surface area contributed by atoms with Crippen LogP contribution >= 0.6 is 0 Å². The molecule has 2 rings (SSSR count). The molecule has 1 fully saturated rings. The number of ether oxygens (including phenoxy) is 1. The summed E-state index contributed by atoms with van der Waals surface area (Å²) in [6.45, 7) is 7.03. The van der Waals surface area contributed by atoms with Crippen molar-refractivity contribution in [3.05, 3.63) is 17.9 Å². The second-order valence-electron chi connectivity index (χ2n) is 5.88. The largest absolute Gasteiger partial charge is 0.490 e. The van der Waals surface area contributed by atoms with Crippen LogP contribution < -0.4 is 15.8 Å². The molecular formula is C16H25FN2O. The molecule has 3 N–H and O–H groups in total. The first-order valence-electron chi connectivity index (χ1n) is 7.51. The zero-order valence-corrected chi connectivity index (χ0v) is 12.6. The fraction of sp³-hybridized carbons (Fsp3) is 0.625. The molecule has 0 spiro atoms. The van der Waals surface area contributed by atoms with E-state index in [0.29, 0.717) is 30.2 Å². The van der Waals surface area contributed by atoms with E-state index >= 15 is 0 Å². The lowest BCUT2D eigenvalue weighted by atomic mass is 9.97. The molecule has 0 aromatic heterocycles. The lowest BCUT2D eigenvalue weighted by molar-refractivity contribution is 0.301. The average molecular weight is 280 g/mol. The van der Waals surface area contributed by atoms with Gasteiger partial charge in [-0.3, -0.25) is 0 Å². The average Bonchev–Trinajstić information content (AvgIpc) is 2.72. The first-order chi connectivity index (χ1) is 9.52. The monoisotopic (exact) mass is 280 g/mol. The number of hydrogen-bond acceptors (Lipinski definition) is 3. The van der Waals surface area contributed by atoms with Gasteiger partial charge in [-0.25, -0.2) is 4.39 Å². The predicted octanol–water partition coefficient (Wildman–Crippen LogP) is 4.04. The smallest absolute Gasteiger partial charge is 0.167 e. The van der Waals surface area contributed by atoms with E-state index in [9.17, 15) is 4.39 Å². The minimum Gasteiger partial charge on any atom is -0.490 e. The maximum absolute atomic E-state index is 13.8. The van der Waals surface area contributed by atoms with Crippen LogP contribution in [0.4, 0.5) is 15.8 Å². The Labute approximate surface area is 120 Å². The standard InChI is InChI=1S/C16H25FN2O/c1-4-7-20-16-9-15(13(18)8-12(16)17)19-14-6-5-10(2)11(14)3/h8-11,14,19H,4-7,18H2,1-3H3. The molecule has 1 aliphatic carbocycles. The van der Waals surface area contributed by atoms with Gasteiger partial charge in [0.2, 0.25) is 0 Å². The predicted molar refractivity (Wildman–Crippen MR) is 81.6 cm³/mol. The van der Waals surface area contributed by atoms with Crippen LogP contribution in [-0.2, 0) is 0 Å². The highest BCUT2D eigenvalue weighted by Gasteiger charge is 2.30. The molecule has 4 heteroatoms. The minimum absolute atomic E-state index is 0.280. The molecule has 1 aromatic rings. The van der Waals surface area contributed by atoms with Crippen molar-refractivity contribution in [2.75, 3.05) is 17.7 Å². The van der Waals surface area contributed by atoms with E-state index < -0.39 is 5.82 Å². The fourth-order valence-corrected chi connectivity index (χ4v) is 2.78. The van der Waals surface area contributed by atoms with Crippen molar-refractivity contribution in [3.63, 3.8) is 0 Å². The van der Waals surface area contributed by atoms with E-state index in [1.165, 1.54) is 12.5 Å². The third-order valence-corrected chi connectivity index (χ3v) is 4.37. The van der Waals surface area contributed by atoms with Crippen molar-refractivity contribution in [1.29, 1.82) is 0 Å². The minimum atomic E-state index is -0.394. The van der Waals surface area contributed by atoms with Gasteiger partial charge in [0.05, 0.1) is 18.0 Å². The molecule has 0 saturated heterocycles. The van der Waals surface area contributed by atoms with Crippen LogP contribution in [0.5, 0.6) is 5.75 Å². The number of hydrogen-bond donors (Lipinski definition) is 2. The summed E-state index contributed by atoms with van der Waals surface area (Å²) in [4.78, 5) is 0. The van der Waals surface area contributed by atoms with E-state index in [0.717, 1.165) is 18.5 Å². The summed E-state index contributed by atoms with van der Waals surface area (Å²) in [7, 11) is 0. The Balaban J connectivity index is 2.14. The normalized spacial score (nSPS) is 25.7. The summed E-state index contributed by atoms with van der Waals surface area (Å²) in [5.41, 5.74) is 7.14. The molecule has 112 valence electrons. The Bertz CT molecular complexity index is 464. The van der Waals surface area contributed by atoms with Gasteiger partial charge in [0.25, 0.3) is 0 Å². The number of rotatable bonds is 5. The van der Waals surface area contributed by atoms with E-state index in [1.807, 2.05) is 6.92 Å². The van der Waals surface area contributed by atoms with Crippen LogP contribution in [0.3, 0.4) is 0 Å². The zero-order valence-electron chi connectivity index (χ0n) is 12.6. The topological polar surface area (TPSA) is 47.3 Å². The highest BCUT2D eigenvalue weighted by atomic mass is 19.1. The van der Waals surface area contributed by atoms with Gasteiger partial charge in [0.1, 0.15) is 0 Å². The van der Waals surface area contributed by atoms with E-state index in [4.69, 9.17) is 10.5 Å². The maximum Gasteiger partial charge on any atom is 0.167 e. The van der Waals surface area contributed by atoms with Gasteiger partial charge in [-0.15, -0.1) is 0 Å². The van der Waals surface area contributed by atoms with Crippen molar-refractivity contribution < 1.29 is 9.13 Å². The zero-order chi connectivity index (χ0) is 14.7. The molecule has 0 aliphatic heterocycles. The molecule has 0 heterocycles. The second kappa shape index (κ2) is 6.33. The number of nitrogens with two attached hydrogens (primary N) is 1. The molecule has 1 saturated carbocycles. The first kappa shape index (κ1) is 14.9. The van der Waals surface area contributed by atoms with Crippen LogP contribution in [0.25, 0.3) is 0 Å². The molecule has 0 amide bonds. The van der Waals surface area contributed by atoms with Gasteiger partial charge in [-0.05, 0) is 31.1 Å². The Morgan fingerprint density at radius 2 is 2.10 bits per heavy atom. The second-order valence-corrected chi connectivity index (χ2v) is 5.88. The molecular weight excluding hydrogens is 255 g/mol. The van der Waals surface area contributed by atoms with E-state index in [1.54, 1.807) is 6.07 Å². The summed E-state index contributed by atoms with van der Waals surface area (Å²) >= 11 is 0. The summed E-state index contributed by atoms with van der Waals surface area (Å²) in [6, 6.07) is 3.43. The molecule has 3 nitrogen and oxygen atoms in total. The van der Waals surface area contributed by atoms with Crippen LogP contribution in [0.2, 0.25) is 0 Å². The van der Waals surface area contributed by atoms with Gasteiger partial charge in [0, 0.05) is 18.2 Å². The quantitative estimate of drug-likeness (QED) is 0.800. The Morgan fingerprint density at radius 1 is 1.35 bits per heavy atom. The molecule has 1 aliphatic rings. The lowest BCUT2D eigenvalue weighted by Crippen LogP contribution is -2.24. The van der Waals surface area contributed by atoms with Crippen molar-refractivity contribution in [2.24, 2.45) is 11.8 Å². The van der Waals surface area contributed by atoms with Gasteiger partial charge >= 0.3 is 0 Å². The molecule has 20 heavy (non-hydrogen) atoms. The fourth-order valence-electron chi connectivity index (χ4n) is 2.78. The molecule has 1 aromatic carbocycles. The molecule has 3 atom stereocenters. The first-order valence-corrected chi connectivity index (χ1v) is 7.51. The highest BCUT2D eigenvalue weighted by molar-refractivity contribution is 5.69. The van der Waals surface area contributed by atoms with Gasteiger partial charge in [-0.1, -0.05) is 20.8 Å². The highest BCUT2D eigenvalue weighted by Crippen LogP contribution is 2.36. The summed E-state index contributed by atoms with van der Waals surface area (Å²) < 4.78 is 19.2. The van der Waals surface area contributed by atoms with Crippen molar-refractivity contribution in [3.8, 4) is 5.75 Å². The number of nitrogens with one attached hydrogen (secondary N) is 1. The number of anilines is 2. The number of halogens is 1. The van der Waals surface area contributed by atoms with Crippen LogP contribution in [0.15, 0.2) is 12.1 Å². The maximum atomic E-state index is 13.8. The van der Waals surface area contributed by atoms with E-state index in [2.05, 4.69) is 19.2 Å². The Morgan fingerprint density at radius 3 is 2.70 bits per heavy atom.